The fourth-order valence-electron chi connectivity index (χ4n) is 5.32. The van der Waals surface area contributed by atoms with Gasteiger partial charge in [0, 0.05) is 19.6 Å². The van der Waals surface area contributed by atoms with Crippen molar-refractivity contribution in [1.82, 2.24) is 31.9 Å². The van der Waals surface area contributed by atoms with E-state index in [-0.39, 0.29) is 76.0 Å². The number of nitrogens with two attached hydrogens (primary N) is 7. The lowest BCUT2D eigenvalue weighted by Crippen LogP contribution is -2.59. The van der Waals surface area contributed by atoms with E-state index in [0.29, 0.717) is 0 Å². The third-order valence-corrected chi connectivity index (χ3v) is 8.52. The number of nitrogens with one attached hydrogen (secondary N) is 6. The number of carbonyl (C=O) groups excluding carboxylic acids is 6. The number of carboxylic acids is 5. The summed E-state index contributed by atoms with van der Waals surface area (Å²) in [7, 11) is 0. The lowest BCUT2D eigenvalue weighted by Gasteiger charge is -2.25. The Hall–Kier alpha value is -8.06. The largest absolute Gasteiger partial charge is 0.481 e. The molecule has 0 saturated heterocycles. The van der Waals surface area contributed by atoms with Crippen LogP contribution in [-0.4, -0.2) is 171 Å². The fourth-order valence-corrected chi connectivity index (χ4v) is 5.32. The minimum absolute atomic E-state index is 0.00638. The Morgan fingerprint density at radius 1 is 0.379 bits per heavy atom. The minimum Gasteiger partial charge on any atom is -0.481 e. The number of hydrogen-bond donors (Lipinski definition) is 18. The molecule has 0 aliphatic heterocycles. The molecule has 7 atom stereocenters. The molecule has 6 amide bonds. The van der Waals surface area contributed by atoms with Crippen molar-refractivity contribution in [2.75, 3.05) is 19.6 Å². The van der Waals surface area contributed by atoms with Gasteiger partial charge in [0.1, 0.15) is 36.3 Å². The minimum atomic E-state index is -2.21. The van der Waals surface area contributed by atoms with Crippen molar-refractivity contribution in [1.29, 1.82) is 0 Å². The zero-order valence-corrected chi connectivity index (χ0v) is 35.3. The monoisotopic (exact) mass is 946 g/mol. The molecule has 7 unspecified atom stereocenters. The zero-order chi connectivity index (χ0) is 50.7. The smallest absolute Gasteiger partial charge is 0.326 e. The van der Waals surface area contributed by atoms with E-state index in [1.807, 2.05) is 16.0 Å². The summed E-state index contributed by atoms with van der Waals surface area (Å²) in [5, 5.41) is 59.8. The Balaban J connectivity index is 6.77. The SMILES string of the molecule is NC(N)=NCCCC(NC(=O)CC(N)C(=O)NC(CC(=O)NC(CCCN=C(N)N)C(=O)O)C(=O)NC(CC(=O)NC(CCCN=C(N)N)C(=O)O)C(=O)NC(CC(=O)O)C(=O)O)C(=O)O. The first-order chi connectivity index (χ1) is 30.7. The van der Waals surface area contributed by atoms with Crippen LogP contribution in [0, 0.1) is 0 Å². The van der Waals surface area contributed by atoms with Gasteiger partial charge >= 0.3 is 29.8 Å². The van der Waals surface area contributed by atoms with E-state index >= 15 is 0 Å². The Kier molecular flexibility index (Phi) is 26.4. The maximum absolute atomic E-state index is 13.9. The van der Waals surface area contributed by atoms with Crippen LogP contribution < -0.4 is 72.0 Å². The summed E-state index contributed by atoms with van der Waals surface area (Å²) in [6.07, 6.45) is -5.07. The van der Waals surface area contributed by atoms with Crippen molar-refractivity contribution in [3.63, 3.8) is 0 Å². The van der Waals surface area contributed by atoms with Crippen molar-refractivity contribution in [3.8, 4) is 0 Å². The first-order valence-electron chi connectivity index (χ1n) is 19.6. The third kappa shape index (κ3) is 25.8. The Morgan fingerprint density at radius 3 is 0.955 bits per heavy atom. The van der Waals surface area contributed by atoms with E-state index < -0.39 is 133 Å². The Labute approximate surface area is 374 Å². The van der Waals surface area contributed by atoms with Crippen LogP contribution in [0.3, 0.4) is 0 Å². The number of nitrogens with zero attached hydrogens (tertiary/aromatic N) is 3. The molecule has 0 aromatic rings. The van der Waals surface area contributed by atoms with Crippen LogP contribution in [0.5, 0.6) is 0 Å². The number of carbonyl (C=O) groups is 11. The first kappa shape index (κ1) is 57.9. The number of rotatable bonds is 33. The summed E-state index contributed by atoms with van der Waals surface area (Å²) < 4.78 is 0. The molecule has 25 N–H and O–H groups in total. The number of guanidine groups is 3. The molecule has 0 heterocycles. The van der Waals surface area contributed by atoms with Crippen LogP contribution in [0.4, 0.5) is 0 Å². The van der Waals surface area contributed by atoms with Crippen LogP contribution in [-0.2, 0) is 52.7 Å². The van der Waals surface area contributed by atoms with Crippen LogP contribution >= 0.6 is 0 Å². The van der Waals surface area contributed by atoms with Gasteiger partial charge < -0.3 is 97.6 Å². The highest BCUT2D eigenvalue weighted by molar-refractivity contribution is 5.99. The van der Waals surface area contributed by atoms with Crippen LogP contribution in [0.2, 0.25) is 0 Å². The standard InChI is InChI=1S/C34H58N16O16/c35-14(10-21(51)45-15(28(59)60)4-1-7-42-32(36)37)25(56)48-18(11-22(52)46-16(29(61)62)5-2-8-43-33(38)39)26(57)49-19(27(58)50-20(31(65)66)13-24(54)55)12-23(53)47-17(30(63)64)6-3-9-44-34(40)41/h14-20H,1-13,35H2,(H,45,51)(H,46,52)(H,47,53)(H,48,56)(H,49,57)(H,50,58)(H,54,55)(H,59,60)(H,61,62)(H,63,64)(H,65,66)(H4,36,37,42)(H4,38,39,43)(H4,40,41,44). The Bertz CT molecular complexity index is 1850. The van der Waals surface area contributed by atoms with Gasteiger partial charge in [-0.3, -0.25) is 48.5 Å². The van der Waals surface area contributed by atoms with Gasteiger partial charge in [-0.05, 0) is 38.5 Å². The molecule has 66 heavy (non-hydrogen) atoms. The van der Waals surface area contributed by atoms with E-state index in [4.69, 9.17) is 45.2 Å². The second kappa shape index (κ2) is 30.1. The molecular formula is C34H58N16O16. The molecule has 0 aromatic carbocycles. The van der Waals surface area contributed by atoms with Gasteiger partial charge in [0.15, 0.2) is 17.9 Å². The number of amides is 6. The maximum Gasteiger partial charge on any atom is 0.326 e. The molecule has 0 aromatic heterocycles. The van der Waals surface area contributed by atoms with E-state index in [0.717, 1.165) is 0 Å². The summed E-state index contributed by atoms with van der Waals surface area (Å²) in [5.41, 5.74) is 37.4. The first-order valence-corrected chi connectivity index (χ1v) is 19.6. The van der Waals surface area contributed by atoms with Gasteiger partial charge in [-0.1, -0.05) is 0 Å². The van der Waals surface area contributed by atoms with Gasteiger partial charge in [0.05, 0.1) is 31.7 Å². The fraction of sp³-hybridized carbons (Fsp3) is 0.588. The average Bonchev–Trinajstić information content (AvgIpc) is 3.19. The number of aliphatic imine (C=N–C) groups is 3. The predicted octanol–water partition coefficient (Wildman–Crippen LogP) is -8.63. The van der Waals surface area contributed by atoms with Crippen LogP contribution in [0.1, 0.15) is 64.2 Å². The van der Waals surface area contributed by atoms with Gasteiger partial charge in [-0.2, -0.15) is 0 Å². The lowest BCUT2D eigenvalue weighted by atomic mass is 10.1. The second-order valence-corrected chi connectivity index (χ2v) is 14.1. The molecule has 0 saturated carbocycles. The number of aliphatic carboxylic acids is 5. The van der Waals surface area contributed by atoms with E-state index in [9.17, 15) is 73.2 Å². The van der Waals surface area contributed by atoms with Crippen molar-refractivity contribution in [2.24, 2.45) is 55.1 Å². The predicted molar refractivity (Wildman–Crippen MR) is 226 cm³/mol. The Morgan fingerprint density at radius 2 is 0.667 bits per heavy atom. The van der Waals surface area contributed by atoms with Crippen molar-refractivity contribution in [2.45, 2.75) is 107 Å². The average molecular weight is 947 g/mol. The van der Waals surface area contributed by atoms with Gasteiger partial charge in [-0.25, -0.2) is 19.2 Å². The summed E-state index contributed by atoms with van der Waals surface area (Å²) in [6.45, 7) is -0.113. The molecule has 0 spiro atoms. The molecule has 0 rings (SSSR count). The molecule has 32 heteroatoms. The summed E-state index contributed by atoms with van der Waals surface area (Å²) in [6, 6.07) is -13.2. The summed E-state index contributed by atoms with van der Waals surface area (Å²) in [4.78, 5) is 150. The quantitative estimate of drug-likeness (QED) is 0.0165. The normalized spacial score (nSPS) is 13.7. The van der Waals surface area contributed by atoms with Crippen LogP contribution in [0.15, 0.2) is 15.0 Å². The van der Waals surface area contributed by atoms with E-state index in [2.05, 4.69) is 30.9 Å². The van der Waals surface area contributed by atoms with Crippen molar-refractivity contribution >= 4 is 83.2 Å². The molecule has 0 aliphatic rings. The maximum atomic E-state index is 13.9. The van der Waals surface area contributed by atoms with Crippen molar-refractivity contribution in [3.05, 3.63) is 0 Å². The molecule has 0 radical (unpaired) electrons. The van der Waals surface area contributed by atoms with E-state index in [1.54, 1.807) is 0 Å². The highest BCUT2D eigenvalue weighted by Gasteiger charge is 2.35. The van der Waals surface area contributed by atoms with Crippen LogP contribution in [0.25, 0.3) is 0 Å². The summed E-state index contributed by atoms with van der Waals surface area (Å²) >= 11 is 0. The van der Waals surface area contributed by atoms with Gasteiger partial charge in [-0.15, -0.1) is 0 Å². The second-order valence-electron chi connectivity index (χ2n) is 14.1. The summed E-state index contributed by atoms with van der Waals surface area (Å²) in [5.74, 6) is -17.1. The van der Waals surface area contributed by atoms with Gasteiger partial charge in [0.2, 0.25) is 35.4 Å². The third-order valence-electron chi connectivity index (χ3n) is 8.52. The zero-order valence-electron chi connectivity index (χ0n) is 35.3. The molecule has 0 aliphatic carbocycles. The molecule has 32 nitrogen and oxygen atoms in total. The molecule has 0 fully saturated rings. The molecule has 0 bridgehead atoms. The van der Waals surface area contributed by atoms with Crippen molar-refractivity contribution < 1.29 is 78.3 Å². The number of carboxylic acid groups (broad SMARTS) is 5. The lowest BCUT2D eigenvalue weighted by molar-refractivity contribution is -0.147. The van der Waals surface area contributed by atoms with E-state index in [1.165, 1.54) is 0 Å². The molecular weight excluding hydrogens is 888 g/mol. The highest BCUT2D eigenvalue weighted by atomic mass is 16.4. The highest BCUT2D eigenvalue weighted by Crippen LogP contribution is 2.07. The van der Waals surface area contributed by atoms with Gasteiger partial charge in [0.25, 0.3) is 0 Å². The number of hydrogen-bond acceptors (Lipinski definition) is 15. The topological polar surface area (TPSA) is 580 Å². The molecule has 370 valence electrons.